The van der Waals surface area contributed by atoms with Gasteiger partial charge in [-0.25, -0.2) is 0 Å². The van der Waals surface area contributed by atoms with Gasteiger partial charge in [-0.15, -0.1) is 0 Å². The lowest BCUT2D eigenvalue weighted by molar-refractivity contribution is -0.125. The Labute approximate surface area is 113 Å². The number of amides is 2. The van der Waals surface area contributed by atoms with Crippen LogP contribution in [0.5, 0.6) is 0 Å². The standard InChI is InChI=1S/C14H19N3O2/c1-10-7-11-5-3-4-6-12(11)17(10)9-14(19)16-8-13(18)15-2/h3-6,10H,7-9H2,1-2H3,(H,15,18)(H,16,19)/t10-/m0/s1. The fraction of sp³-hybridized carbons (Fsp3) is 0.429. The van der Waals surface area contributed by atoms with E-state index in [4.69, 9.17) is 0 Å². The number of nitrogens with zero attached hydrogens (tertiary/aromatic N) is 1. The molecule has 2 rings (SSSR count). The summed E-state index contributed by atoms with van der Waals surface area (Å²) in [5.41, 5.74) is 2.39. The van der Waals surface area contributed by atoms with Crippen molar-refractivity contribution < 1.29 is 9.59 Å². The molecule has 1 aliphatic rings. The number of carbonyl (C=O) groups excluding carboxylic acids is 2. The van der Waals surface area contributed by atoms with Crippen LogP contribution in [0.1, 0.15) is 12.5 Å². The number of fused-ring (bicyclic) bond motifs is 1. The highest BCUT2D eigenvalue weighted by Gasteiger charge is 2.26. The molecule has 1 aromatic carbocycles. The molecule has 19 heavy (non-hydrogen) atoms. The van der Waals surface area contributed by atoms with Crippen molar-refractivity contribution >= 4 is 17.5 Å². The summed E-state index contributed by atoms with van der Waals surface area (Å²) in [6.07, 6.45) is 0.957. The van der Waals surface area contributed by atoms with Crippen LogP contribution in [-0.2, 0) is 16.0 Å². The molecule has 1 aromatic rings. The van der Waals surface area contributed by atoms with Crippen LogP contribution in [0.3, 0.4) is 0 Å². The summed E-state index contributed by atoms with van der Waals surface area (Å²) in [5.74, 6) is -0.324. The number of nitrogens with one attached hydrogen (secondary N) is 2. The molecular weight excluding hydrogens is 242 g/mol. The molecule has 5 heteroatoms. The van der Waals surface area contributed by atoms with E-state index in [2.05, 4.69) is 28.5 Å². The first-order valence-electron chi connectivity index (χ1n) is 6.43. The Balaban J connectivity index is 1.96. The molecule has 1 heterocycles. The lowest BCUT2D eigenvalue weighted by Crippen LogP contribution is -2.43. The maximum Gasteiger partial charge on any atom is 0.239 e. The van der Waals surface area contributed by atoms with E-state index >= 15 is 0 Å². The average Bonchev–Trinajstić information content (AvgIpc) is 2.72. The molecule has 0 fully saturated rings. The Morgan fingerprint density at radius 3 is 2.79 bits per heavy atom. The van der Waals surface area contributed by atoms with Gasteiger partial charge in [-0.3, -0.25) is 9.59 Å². The Morgan fingerprint density at radius 2 is 2.05 bits per heavy atom. The summed E-state index contributed by atoms with van der Waals surface area (Å²) >= 11 is 0. The highest BCUT2D eigenvalue weighted by atomic mass is 16.2. The van der Waals surface area contributed by atoms with Crippen molar-refractivity contribution in [2.75, 3.05) is 25.0 Å². The Kier molecular flexibility index (Phi) is 4.04. The molecule has 1 atom stereocenters. The molecule has 2 N–H and O–H groups in total. The van der Waals surface area contributed by atoms with Crippen LogP contribution in [0, 0.1) is 0 Å². The molecule has 0 radical (unpaired) electrons. The maximum absolute atomic E-state index is 11.8. The Morgan fingerprint density at radius 1 is 1.32 bits per heavy atom. The van der Waals surface area contributed by atoms with Crippen molar-refractivity contribution in [1.82, 2.24) is 10.6 Å². The predicted octanol–water partition coefficient (Wildman–Crippen LogP) is 0.300. The van der Waals surface area contributed by atoms with Crippen LogP contribution in [0.2, 0.25) is 0 Å². The van der Waals surface area contributed by atoms with Gasteiger partial charge in [0, 0.05) is 18.8 Å². The summed E-state index contributed by atoms with van der Waals surface area (Å²) < 4.78 is 0. The van der Waals surface area contributed by atoms with Crippen LogP contribution in [-0.4, -0.2) is 38.0 Å². The summed E-state index contributed by atoms with van der Waals surface area (Å²) in [6.45, 7) is 2.42. The van der Waals surface area contributed by atoms with Gasteiger partial charge >= 0.3 is 0 Å². The van der Waals surface area contributed by atoms with Crippen LogP contribution in [0.25, 0.3) is 0 Å². The smallest absolute Gasteiger partial charge is 0.239 e. The third-order valence-electron chi connectivity index (χ3n) is 3.39. The van der Waals surface area contributed by atoms with Gasteiger partial charge < -0.3 is 15.5 Å². The van der Waals surface area contributed by atoms with Gasteiger partial charge in [-0.1, -0.05) is 18.2 Å². The van der Waals surface area contributed by atoms with Crippen LogP contribution < -0.4 is 15.5 Å². The largest absolute Gasteiger partial charge is 0.359 e. The fourth-order valence-corrected chi connectivity index (χ4v) is 2.35. The Bertz CT molecular complexity index is 487. The highest BCUT2D eigenvalue weighted by Crippen LogP contribution is 2.31. The van der Waals surface area contributed by atoms with Crippen molar-refractivity contribution in [3.8, 4) is 0 Å². The average molecular weight is 261 g/mol. The van der Waals surface area contributed by atoms with E-state index in [-0.39, 0.29) is 24.9 Å². The predicted molar refractivity (Wildman–Crippen MR) is 74.0 cm³/mol. The molecule has 0 aromatic heterocycles. The molecule has 102 valence electrons. The molecule has 0 aliphatic carbocycles. The van der Waals surface area contributed by atoms with Gasteiger partial charge in [0.05, 0.1) is 13.1 Å². The van der Waals surface area contributed by atoms with Crippen LogP contribution in [0.4, 0.5) is 5.69 Å². The van der Waals surface area contributed by atoms with E-state index in [9.17, 15) is 9.59 Å². The number of carbonyl (C=O) groups is 2. The zero-order chi connectivity index (χ0) is 13.8. The maximum atomic E-state index is 11.8. The zero-order valence-electron chi connectivity index (χ0n) is 11.3. The number of anilines is 1. The van der Waals surface area contributed by atoms with Crippen molar-refractivity contribution in [3.63, 3.8) is 0 Å². The molecule has 0 bridgehead atoms. The molecule has 5 nitrogen and oxygen atoms in total. The number of rotatable bonds is 4. The van der Waals surface area contributed by atoms with Crippen molar-refractivity contribution in [3.05, 3.63) is 29.8 Å². The minimum absolute atomic E-state index is 0.0270. The summed E-state index contributed by atoms with van der Waals surface area (Å²) in [6, 6.07) is 8.43. The van der Waals surface area contributed by atoms with E-state index in [1.165, 1.54) is 5.56 Å². The summed E-state index contributed by atoms with van der Waals surface area (Å²) in [5, 5.41) is 5.09. The van der Waals surface area contributed by atoms with Crippen molar-refractivity contribution in [2.45, 2.75) is 19.4 Å². The minimum atomic E-state index is -0.191. The molecule has 2 amide bonds. The third kappa shape index (κ3) is 3.05. The molecule has 0 unspecified atom stereocenters. The van der Waals surface area contributed by atoms with Gasteiger partial charge in [-0.05, 0) is 25.0 Å². The van der Waals surface area contributed by atoms with Gasteiger partial charge in [0.1, 0.15) is 0 Å². The first-order chi connectivity index (χ1) is 9.11. The second-order valence-corrected chi connectivity index (χ2v) is 4.76. The first kappa shape index (κ1) is 13.4. The lowest BCUT2D eigenvalue weighted by Gasteiger charge is -2.24. The molecule has 0 spiro atoms. The lowest BCUT2D eigenvalue weighted by atomic mass is 10.1. The van der Waals surface area contributed by atoms with E-state index in [1.54, 1.807) is 7.05 Å². The van der Waals surface area contributed by atoms with Crippen molar-refractivity contribution in [1.29, 1.82) is 0 Å². The van der Waals surface area contributed by atoms with Gasteiger partial charge in [0.2, 0.25) is 11.8 Å². The van der Waals surface area contributed by atoms with E-state index in [0.717, 1.165) is 12.1 Å². The van der Waals surface area contributed by atoms with Crippen LogP contribution in [0.15, 0.2) is 24.3 Å². The Hall–Kier alpha value is -2.04. The summed E-state index contributed by atoms with van der Waals surface area (Å²) in [4.78, 5) is 25.0. The first-order valence-corrected chi connectivity index (χ1v) is 6.43. The SMILES string of the molecule is CNC(=O)CNC(=O)CN1c2ccccc2C[C@@H]1C. The second kappa shape index (κ2) is 5.73. The van der Waals surface area contributed by atoms with Crippen molar-refractivity contribution in [2.24, 2.45) is 0 Å². The number of benzene rings is 1. The number of hydrogen-bond acceptors (Lipinski definition) is 3. The normalized spacial score (nSPS) is 16.9. The monoisotopic (exact) mass is 261 g/mol. The van der Waals surface area contributed by atoms with Crippen LogP contribution >= 0.6 is 0 Å². The molecular formula is C14H19N3O2. The van der Waals surface area contributed by atoms with E-state index < -0.39 is 0 Å². The molecule has 0 saturated carbocycles. The molecule has 0 saturated heterocycles. The summed E-state index contributed by atoms with van der Waals surface area (Å²) in [7, 11) is 1.55. The number of para-hydroxylation sites is 1. The van der Waals surface area contributed by atoms with Gasteiger partial charge in [-0.2, -0.15) is 0 Å². The zero-order valence-corrected chi connectivity index (χ0v) is 11.3. The molecule has 1 aliphatic heterocycles. The van der Waals surface area contributed by atoms with E-state index in [1.807, 2.05) is 18.2 Å². The van der Waals surface area contributed by atoms with Gasteiger partial charge in [0.15, 0.2) is 0 Å². The quantitative estimate of drug-likeness (QED) is 0.819. The highest BCUT2D eigenvalue weighted by molar-refractivity contribution is 5.87. The van der Waals surface area contributed by atoms with Gasteiger partial charge in [0.25, 0.3) is 0 Å². The third-order valence-corrected chi connectivity index (χ3v) is 3.39. The topological polar surface area (TPSA) is 61.4 Å². The number of likely N-dealkylation sites (N-methyl/N-ethyl adjacent to an activating group) is 1. The van der Waals surface area contributed by atoms with E-state index in [0.29, 0.717) is 6.04 Å². The second-order valence-electron chi connectivity index (χ2n) is 4.76. The fourth-order valence-electron chi connectivity index (χ4n) is 2.35. The number of hydrogen-bond donors (Lipinski definition) is 2. The minimum Gasteiger partial charge on any atom is -0.359 e.